The Morgan fingerprint density at radius 1 is 0.857 bits per heavy atom. The van der Waals surface area contributed by atoms with E-state index >= 15 is 0 Å². The number of fused-ring (bicyclic) bond motifs is 2. The summed E-state index contributed by atoms with van der Waals surface area (Å²) in [6, 6.07) is 12.0. The van der Waals surface area contributed by atoms with Gasteiger partial charge in [0.1, 0.15) is 0 Å². The summed E-state index contributed by atoms with van der Waals surface area (Å²) in [5, 5.41) is 1.75. The third-order valence-electron chi connectivity index (χ3n) is 4.90. The van der Waals surface area contributed by atoms with Crippen molar-refractivity contribution in [1.29, 1.82) is 0 Å². The summed E-state index contributed by atoms with van der Waals surface area (Å²) in [6.07, 6.45) is 4.25. The molecule has 0 aliphatic carbocycles. The number of rotatable bonds is 7. The fraction of sp³-hybridized carbons (Fsp3) is 0.333. The Hall–Kier alpha value is -1.10. The van der Waals surface area contributed by atoms with Gasteiger partial charge in [-0.3, -0.25) is 0 Å². The summed E-state index contributed by atoms with van der Waals surface area (Å²) < 4.78 is 7.48. The zero-order valence-corrected chi connectivity index (χ0v) is 20.6. The molecule has 0 N–H and O–H groups in total. The first kappa shape index (κ1) is 20.2. The predicted molar refractivity (Wildman–Crippen MR) is 121 cm³/mol. The molecule has 146 valence electrons. The minimum atomic E-state index is 0.0842. The molecule has 0 saturated carbocycles. The average Bonchev–Trinajstić information content (AvgIpc) is 3.16. The van der Waals surface area contributed by atoms with Gasteiger partial charge < -0.3 is 0 Å². The molecule has 2 heterocycles. The number of nitrogens with zero attached hydrogens (tertiary/aromatic N) is 2. The zero-order valence-electron chi connectivity index (χ0n) is 15.6. The number of halogens is 1. The van der Waals surface area contributed by atoms with Gasteiger partial charge in [0.05, 0.1) is 0 Å². The molecular weight excluding hydrogens is 550 g/mol. The minimum absolute atomic E-state index is 0.0842. The fourth-order valence-corrected chi connectivity index (χ4v) is 8.67. The van der Waals surface area contributed by atoms with Crippen LogP contribution in [0.5, 0.6) is 0 Å². The molecule has 0 spiro atoms. The molecule has 2 aromatic heterocycles. The second kappa shape index (κ2) is 8.72. The van der Waals surface area contributed by atoms with Crippen molar-refractivity contribution in [1.82, 2.24) is 7.12 Å². The van der Waals surface area contributed by atoms with Gasteiger partial charge in [-0.1, -0.05) is 0 Å². The molecule has 4 aromatic rings. The Kier molecular flexibility index (Phi) is 6.29. The molecule has 0 bridgehead atoms. The van der Waals surface area contributed by atoms with Crippen LogP contribution in [0.4, 0.5) is 0 Å². The van der Waals surface area contributed by atoms with Crippen LogP contribution < -0.4 is 11.1 Å². The Labute approximate surface area is 183 Å². The van der Waals surface area contributed by atoms with Crippen molar-refractivity contribution in [2.45, 2.75) is 45.7 Å². The number of hydrogen-bond donors (Lipinski definition) is 0. The molecule has 0 atom stereocenters. The Morgan fingerprint density at radius 2 is 1.54 bits per heavy atom. The van der Waals surface area contributed by atoms with E-state index in [4.69, 9.17) is 0 Å². The quantitative estimate of drug-likeness (QED) is 0.251. The van der Waals surface area contributed by atoms with Crippen LogP contribution in [0.25, 0.3) is 19.3 Å². The fourth-order valence-electron chi connectivity index (χ4n) is 3.39. The molecule has 0 unspecified atom stereocenters. The molecule has 2 aromatic carbocycles. The Balaban J connectivity index is 1.30. The molecule has 0 radical (unpaired) electrons. The molecule has 0 amide bonds. The zero-order chi connectivity index (χ0) is 19.7. The maximum atomic E-state index is 12.5. The summed E-state index contributed by atoms with van der Waals surface area (Å²) in [6.45, 7) is 3.75. The van der Waals surface area contributed by atoms with Gasteiger partial charge in [0, 0.05) is 0 Å². The topological polar surface area (TPSA) is 44.0 Å². The van der Waals surface area contributed by atoms with Crippen LogP contribution >= 0.6 is 15.9 Å². The molecule has 28 heavy (non-hydrogen) atoms. The van der Waals surface area contributed by atoms with Gasteiger partial charge in [0.2, 0.25) is 0 Å². The number of hydrogen-bond acceptors (Lipinski definition) is 2. The monoisotopic (exact) mass is 572 g/mol. The van der Waals surface area contributed by atoms with Crippen molar-refractivity contribution in [3.63, 3.8) is 0 Å². The van der Waals surface area contributed by atoms with Crippen LogP contribution in [-0.2, 0) is 13.1 Å². The van der Waals surface area contributed by atoms with Crippen molar-refractivity contribution in [3.8, 4) is 0 Å². The van der Waals surface area contributed by atoms with Gasteiger partial charge >= 0.3 is 185 Å². The van der Waals surface area contributed by atoms with E-state index in [1.165, 1.54) is 14.1 Å². The summed E-state index contributed by atoms with van der Waals surface area (Å²) in [5.41, 5.74) is 1.60. The molecule has 0 aliphatic rings. The maximum absolute atomic E-state index is 12.5. The predicted octanol–water partition coefficient (Wildman–Crippen LogP) is 3.76. The van der Waals surface area contributed by atoms with Crippen LogP contribution in [0.2, 0.25) is 0 Å². The number of unbranched alkanes of at least 4 members (excludes halogenated alkanes) is 3. The van der Waals surface area contributed by atoms with Crippen molar-refractivity contribution in [3.05, 3.63) is 67.1 Å². The molecule has 0 saturated heterocycles. The molecule has 4 rings (SSSR count). The van der Waals surface area contributed by atoms with Crippen LogP contribution in [0, 0.1) is 6.92 Å². The summed E-state index contributed by atoms with van der Waals surface area (Å²) >= 11 is 3.77. The Morgan fingerprint density at radius 3 is 2.25 bits per heavy atom. The summed E-state index contributed by atoms with van der Waals surface area (Å²) in [4.78, 5) is 25.0. The molecule has 0 aliphatic heterocycles. The number of aryl methyl sites for hydroxylation is 3. The van der Waals surface area contributed by atoms with Gasteiger partial charge in [-0.15, -0.1) is 0 Å². The first-order valence-electron chi connectivity index (χ1n) is 9.43. The van der Waals surface area contributed by atoms with Crippen LogP contribution in [-0.4, -0.2) is 36.6 Å². The first-order chi connectivity index (χ1) is 13.5. The van der Waals surface area contributed by atoms with E-state index in [2.05, 4.69) is 28.9 Å². The van der Waals surface area contributed by atoms with Gasteiger partial charge in [-0.05, 0) is 0 Å². The van der Waals surface area contributed by atoms with Crippen molar-refractivity contribution in [2.24, 2.45) is 0 Å². The van der Waals surface area contributed by atoms with E-state index in [1.54, 1.807) is 0 Å². The average molecular weight is 571 g/mol. The normalized spacial score (nSPS) is 11.6. The molecule has 4 nitrogen and oxygen atoms in total. The van der Waals surface area contributed by atoms with Crippen molar-refractivity contribution < 1.29 is 0 Å². The standard InChI is InChI=1S/C21H21BrN2O2Se2/c1-14-9-10-15-18(13-14)27-23(20(15)25)11-4-2-3-5-12-24-21(26)16-7-6-8-17(22)19(16)28-24/h6-10,13H,2-5,11-12H2,1H3. The summed E-state index contributed by atoms with van der Waals surface area (Å²) in [5.74, 6) is 0. The third-order valence-corrected chi connectivity index (χ3v) is 11.0. The third kappa shape index (κ3) is 4.10. The van der Waals surface area contributed by atoms with Crippen LogP contribution in [0.3, 0.4) is 0 Å². The van der Waals surface area contributed by atoms with E-state index in [0.29, 0.717) is 0 Å². The van der Waals surface area contributed by atoms with Crippen LogP contribution in [0.1, 0.15) is 31.2 Å². The van der Waals surface area contributed by atoms with Gasteiger partial charge in [0.25, 0.3) is 0 Å². The van der Waals surface area contributed by atoms with Crippen LogP contribution in [0.15, 0.2) is 50.5 Å². The second-order valence-corrected chi connectivity index (χ2v) is 12.3. The molecule has 0 fully saturated rings. The Bertz CT molecular complexity index is 1250. The molecule has 7 heteroatoms. The van der Waals surface area contributed by atoms with E-state index in [-0.39, 0.29) is 40.6 Å². The van der Waals surface area contributed by atoms with E-state index in [1.807, 2.05) is 37.5 Å². The van der Waals surface area contributed by atoms with Crippen molar-refractivity contribution >= 4 is 64.7 Å². The number of aromatic nitrogens is 2. The van der Waals surface area contributed by atoms with E-state index in [9.17, 15) is 9.59 Å². The van der Waals surface area contributed by atoms with Crippen molar-refractivity contribution in [2.75, 3.05) is 0 Å². The SMILES string of the molecule is Cc1ccc2c(=O)n(CCCCCCn3[se]c4c(Br)cccc4c3=O)[se]c2c1. The second-order valence-electron chi connectivity index (χ2n) is 7.03. The van der Waals surface area contributed by atoms with E-state index < -0.39 is 0 Å². The number of benzene rings is 2. The van der Waals surface area contributed by atoms with Gasteiger partial charge in [-0.25, -0.2) is 0 Å². The molecular formula is C21H21BrN2O2Se2. The first-order valence-corrected chi connectivity index (χ1v) is 13.5. The van der Waals surface area contributed by atoms with Gasteiger partial charge in [0.15, 0.2) is 0 Å². The van der Waals surface area contributed by atoms with E-state index in [0.717, 1.165) is 54.0 Å². The van der Waals surface area contributed by atoms with Gasteiger partial charge in [-0.2, -0.15) is 0 Å². The summed E-state index contributed by atoms with van der Waals surface area (Å²) in [7, 11) is 0.